The van der Waals surface area contributed by atoms with Crippen molar-refractivity contribution in [1.29, 1.82) is 5.26 Å². The van der Waals surface area contributed by atoms with Crippen LogP contribution >= 0.6 is 0 Å². The van der Waals surface area contributed by atoms with Gasteiger partial charge >= 0.3 is 5.97 Å². The Morgan fingerprint density at radius 2 is 1.94 bits per heavy atom. The van der Waals surface area contributed by atoms with Crippen LogP contribution in [0.1, 0.15) is 49.1 Å². The molecule has 0 aromatic carbocycles. The van der Waals surface area contributed by atoms with E-state index in [0.29, 0.717) is 48.9 Å². The van der Waals surface area contributed by atoms with E-state index in [1.807, 2.05) is 12.1 Å². The van der Waals surface area contributed by atoms with Crippen molar-refractivity contribution < 1.29 is 23.5 Å². The third-order valence-electron chi connectivity index (χ3n) is 6.34. The van der Waals surface area contributed by atoms with E-state index < -0.39 is 18.4 Å². The zero-order chi connectivity index (χ0) is 25.0. The van der Waals surface area contributed by atoms with Gasteiger partial charge in [0.2, 0.25) is 5.91 Å². The van der Waals surface area contributed by atoms with E-state index in [0.717, 1.165) is 5.56 Å². The lowest BCUT2D eigenvalue weighted by Crippen LogP contribution is -2.38. The lowest BCUT2D eigenvalue weighted by molar-refractivity contribution is -0.141. The van der Waals surface area contributed by atoms with Crippen molar-refractivity contribution in [1.82, 2.24) is 14.9 Å². The van der Waals surface area contributed by atoms with Crippen LogP contribution in [0.3, 0.4) is 0 Å². The summed E-state index contributed by atoms with van der Waals surface area (Å²) in [6, 6.07) is 8.90. The molecule has 2 aromatic rings. The number of hydrogen-bond donors (Lipinski definition) is 2. The largest absolute Gasteiger partial charge is 0.481 e. The van der Waals surface area contributed by atoms with Crippen LogP contribution in [-0.2, 0) is 9.59 Å². The molecule has 2 saturated heterocycles. The molecule has 4 rings (SSSR count). The molecule has 2 aliphatic heterocycles. The van der Waals surface area contributed by atoms with E-state index in [1.54, 1.807) is 21.9 Å². The van der Waals surface area contributed by atoms with Gasteiger partial charge in [-0.2, -0.15) is 5.26 Å². The van der Waals surface area contributed by atoms with Gasteiger partial charge in [0, 0.05) is 38.7 Å². The van der Waals surface area contributed by atoms with Crippen molar-refractivity contribution in [2.45, 2.75) is 43.9 Å². The van der Waals surface area contributed by atoms with Gasteiger partial charge in [-0.15, -0.1) is 0 Å². The average Bonchev–Trinajstić information content (AvgIpc) is 3.22. The van der Waals surface area contributed by atoms with E-state index in [2.05, 4.69) is 21.4 Å². The molecule has 0 radical (unpaired) electrons. The molecule has 0 spiro atoms. The summed E-state index contributed by atoms with van der Waals surface area (Å²) >= 11 is 0. The van der Waals surface area contributed by atoms with Crippen LogP contribution in [0.25, 0.3) is 0 Å². The van der Waals surface area contributed by atoms with E-state index in [9.17, 15) is 18.4 Å². The molecule has 2 fully saturated rings. The first kappa shape index (κ1) is 24.3. The lowest BCUT2D eigenvalue weighted by Gasteiger charge is -2.33. The second-order valence-corrected chi connectivity index (χ2v) is 8.89. The van der Waals surface area contributed by atoms with E-state index >= 15 is 0 Å². The molecule has 11 heteroatoms. The summed E-state index contributed by atoms with van der Waals surface area (Å²) in [4.78, 5) is 35.0. The number of carbonyl (C=O) groups excluding carboxylic acids is 1. The summed E-state index contributed by atoms with van der Waals surface area (Å²) < 4.78 is 27.8. The van der Waals surface area contributed by atoms with Gasteiger partial charge in [-0.1, -0.05) is 0 Å². The van der Waals surface area contributed by atoms with Gasteiger partial charge in [-0.3, -0.25) is 9.59 Å². The first-order valence-electron chi connectivity index (χ1n) is 11.5. The first-order valence-corrected chi connectivity index (χ1v) is 11.5. The summed E-state index contributed by atoms with van der Waals surface area (Å²) in [6.07, 6.45) is 2.39. The lowest BCUT2D eigenvalue weighted by atomic mass is 9.89. The number of anilines is 3. The number of nitrogens with one attached hydrogen (secondary N) is 1. The fourth-order valence-corrected chi connectivity index (χ4v) is 4.46. The van der Waals surface area contributed by atoms with Gasteiger partial charge in [0.15, 0.2) is 0 Å². The van der Waals surface area contributed by atoms with E-state index in [-0.39, 0.29) is 37.6 Å². The van der Waals surface area contributed by atoms with Gasteiger partial charge in [0.25, 0.3) is 5.92 Å². The Bertz CT molecular complexity index is 1140. The highest BCUT2D eigenvalue weighted by atomic mass is 19.3. The third-order valence-corrected chi connectivity index (χ3v) is 6.34. The number of carboxylic acids is 1. The minimum absolute atomic E-state index is 0.0224. The highest BCUT2D eigenvalue weighted by molar-refractivity contribution is 5.80. The van der Waals surface area contributed by atoms with Gasteiger partial charge < -0.3 is 20.2 Å². The number of alkyl halides is 2. The smallest absolute Gasteiger partial charge is 0.303 e. The molecule has 0 atom stereocenters. The molecule has 0 saturated carbocycles. The Balaban J connectivity index is 1.54. The molecule has 35 heavy (non-hydrogen) atoms. The Hall–Kier alpha value is -3.81. The van der Waals surface area contributed by atoms with Crippen molar-refractivity contribution in [3.8, 4) is 6.07 Å². The highest BCUT2D eigenvalue weighted by Crippen LogP contribution is 2.35. The maximum absolute atomic E-state index is 13.9. The van der Waals surface area contributed by atoms with Crippen LogP contribution in [0, 0.1) is 11.3 Å². The number of aliphatic carboxylic acids is 1. The molecule has 2 N–H and O–H groups in total. The van der Waals surface area contributed by atoms with Gasteiger partial charge in [0.05, 0.1) is 24.6 Å². The number of nitrogens with zero attached hydrogens (tertiary/aromatic N) is 5. The molecule has 184 valence electrons. The zero-order valence-corrected chi connectivity index (χ0v) is 19.1. The van der Waals surface area contributed by atoms with Crippen LogP contribution < -0.4 is 10.2 Å². The monoisotopic (exact) mass is 484 g/mol. The predicted molar refractivity (Wildman–Crippen MR) is 124 cm³/mol. The van der Waals surface area contributed by atoms with Gasteiger partial charge in [0.1, 0.15) is 17.5 Å². The molecule has 1 amide bonds. The summed E-state index contributed by atoms with van der Waals surface area (Å²) in [7, 11) is 0. The zero-order valence-electron chi connectivity index (χ0n) is 19.1. The molecular weight excluding hydrogens is 458 g/mol. The van der Waals surface area contributed by atoms with Crippen molar-refractivity contribution in [3.05, 3.63) is 41.6 Å². The normalized spacial score (nSPS) is 17.7. The van der Waals surface area contributed by atoms with Gasteiger partial charge in [-0.25, -0.2) is 18.7 Å². The molecule has 0 aliphatic carbocycles. The molecule has 0 bridgehead atoms. The minimum Gasteiger partial charge on any atom is -0.481 e. The number of carbonyl (C=O) groups is 2. The molecule has 0 unspecified atom stereocenters. The number of nitriles is 1. The van der Waals surface area contributed by atoms with Crippen LogP contribution in [-0.4, -0.2) is 64.0 Å². The number of likely N-dealkylation sites (tertiary alicyclic amines) is 1. The minimum atomic E-state index is -2.77. The first-order chi connectivity index (χ1) is 16.7. The SMILES string of the molecule is N#Cc1ccnc(Nc2cc(C3CCN(C(=O)CCC(=O)O)CC3)cc(N3CCC(F)(F)C3)n2)c1. The summed E-state index contributed by atoms with van der Waals surface area (Å²) in [6.45, 7) is 0.789. The summed E-state index contributed by atoms with van der Waals surface area (Å²) in [5.74, 6) is -2.55. The number of piperidine rings is 1. The number of halogens is 2. The number of rotatable bonds is 7. The van der Waals surface area contributed by atoms with Crippen LogP contribution in [0.15, 0.2) is 30.5 Å². The van der Waals surface area contributed by atoms with E-state index in [1.165, 1.54) is 6.20 Å². The highest BCUT2D eigenvalue weighted by Gasteiger charge is 2.39. The third kappa shape index (κ3) is 6.20. The number of aromatic nitrogens is 2. The van der Waals surface area contributed by atoms with Crippen molar-refractivity contribution in [2.75, 3.05) is 36.4 Å². The molecule has 4 heterocycles. The average molecular weight is 485 g/mol. The number of amides is 1. The Morgan fingerprint density at radius 3 is 2.60 bits per heavy atom. The van der Waals surface area contributed by atoms with Crippen molar-refractivity contribution in [3.63, 3.8) is 0 Å². The maximum Gasteiger partial charge on any atom is 0.303 e. The Morgan fingerprint density at radius 1 is 1.17 bits per heavy atom. The molecule has 2 aliphatic rings. The van der Waals surface area contributed by atoms with Gasteiger partial charge in [-0.05, 0) is 48.6 Å². The number of carboxylic acid groups (broad SMARTS) is 1. The quantitative estimate of drug-likeness (QED) is 0.612. The van der Waals surface area contributed by atoms with E-state index in [4.69, 9.17) is 10.4 Å². The summed E-state index contributed by atoms with van der Waals surface area (Å²) in [5.41, 5.74) is 1.35. The topological polar surface area (TPSA) is 122 Å². The standard InChI is InChI=1S/C24H26F2N6O3/c25-24(26)6-10-32(15-24)21-13-18(12-20(30-21)29-19-11-16(14-27)3-7-28-19)17-4-8-31(9-5-17)22(33)1-2-23(34)35/h3,7,11-13,17H,1-2,4-6,8-10,15H2,(H,34,35)(H,28,29,30). The molecule has 2 aromatic heterocycles. The summed E-state index contributed by atoms with van der Waals surface area (Å²) in [5, 5.41) is 21.0. The maximum atomic E-state index is 13.9. The number of pyridine rings is 2. The predicted octanol–water partition coefficient (Wildman–Crippen LogP) is 3.51. The van der Waals surface area contributed by atoms with Crippen molar-refractivity contribution >= 4 is 29.3 Å². The number of hydrogen-bond acceptors (Lipinski definition) is 7. The Kier molecular flexibility index (Phi) is 7.10. The van der Waals surface area contributed by atoms with Crippen LogP contribution in [0.4, 0.5) is 26.2 Å². The second-order valence-electron chi connectivity index (χ2n) is 8.89. The van der Waals surface area contributed by atoms with Crippen molar-refractivity contribution in [2.24, 2.45) is 0 Å². The Labute approximate surface area is 201 Å². The van der Waals surface area contributed by atoms with Crippen LogP contribution in [0.5, 0.6) is 0 Å². The molecule has 9 nitrogen and oxygen atoms in total. The second kappa shape index (κ2) is 10.2. The fourth-order valence-electron chi connectivity index (χ4n) is 4.46. The fraction of sp³-hybridized carbons (Fsp3) is 0.458. The molecular formula is C24H26F2N6O3. The van der Waals surface area contributed by atoms with Crippen LogP contribution in [0.2, 0.25) is 0 Å².